The molecule has 5 aromatic rings. The second-order valence-electron chi connectivity index (χ2n) is 7.59. The van der Waals surface area contributed by atoms with Crippen molar-refractivity contribution in [1.29, 1.82) is 0 Å². The first-order chi connectivity index (χ1) is 15.5. The molecule has 2 aromatic carbocycles. The Morgan fingerprint density at radius 2 is 1.66 bits per heavy atom. The Morgan fingerprint density at radius 1 is 0.844 bits per heavy atom. The maximum atomic E-state index is 13.2. The Kier molecular flexibility index (Phi) is 4.82. The summed E-state index contributed by atoms with van der Waals surface area (Å²) >= 11 is 0. The minimum atomic E-state index is -0.286. The molecule has 0 aliphatic heterocycles. The molecule has 0 aliphatic carbocycles. The number of anilines is 2. The average Bonchev–Trinajstić information content (AvgIpc) is 3.17. The molecule has 0 fully saturated rings. The van der Waals surface area contributed by atoms with Crippen molar-refractivity contribution in [2.45, 2.75) is 20.8 Å². The molecule has 0 bridgehead atoms. The third-order valence-corrected chi connectivity index (χ3v) is 5.19. The van der Waals surface area contributed by atoms with Crippen LogP contribution in [0.2, 0.25) is 0 Å². The second-order valence-corrected chi connectivity index (χ2v) is 7.59. The number of hydrogen-bond donors (Lipinski definition) is 1. The van der Waals surface area contributed by atoms with E-state index >= 15 is 0 Å². The Hall–Kier alpha value is -4.20. The monoisotopic (exact) mass is 425 g/mol. The van der Waals surface area contributed by atoms with Crippen LogP contribution < -0.4 is 5.32 Å². The molecule has 0 spiro atoms. The number of fused-ring (bicyclic) bond motifs is 1. The smallest absolute Gasteiger partial charge is 0.230 e. The molecular weight excluding hydrogens is 405 g/mol. The minimum absolute atomic E-state index is 0.286. The molecule has 0 saturated heterocycles. The van der Waals surface area contributed by atoms with Crippen LogP contribution >= 0.6 is 0 Å². The van der Waals surface area contributed by atoms with Gasteiger partial charge in [0.25, 0.3) is 0 Å². The summed E-state index contributed by atoms with van der Waals surface area (Å²) in [6.45, 7) is 5.91. The van der Waals surface area contributed by atoms with E-state index in [1.807, 2.05) is 45.2 Å². The van der Waals surface area contributed by atoms with Crippen LogP contribution in [-0.2, 0) is 0 Å². The summed E-state index contributed by atoms with van der Waals surface area (Å²) in [4.78, 5) is 18.1. The van der Waals surface area contributed by atoms with E-state index in [1.165, 1.54) is 12.1 Å². The third kappa shape index (κ3) is 3.78. The molecule has 0 radical (unpaired) electrons. The third-order valence-electron chi connectivity index (χ3n) is 5.19. The summed E-state index contributed by atoms with van der Waals surface area (Å²) in [6, 6.07) is 14.1. The lowest BCUT2D eigenvalue weighted by Gasteiger charge is -2.08. The molecule has 0 amide bonds. The summed E-state index contributed by atoms with van der Waals surface area (Å²) in [6.07, 6.45) is 3.55. The quantitative estimate of drug-likeness (QED) is 0.432. The molecule has 0 aliphatic rings. The van der Waals surface area contributed by atoms with E-state index in [1.54, 1.807) is 23.0 Å². The Labute approximate surface area is 184 Å². The van der Waals surface area contributed by atoms with Crippen molar-refractivity contribution >= 4 is 22.8 Å². The lowest BCUT2D eigenvalue weighted by atomic mass is 10.1. The molecule has 8 heteroatoms. The van der Waals surface area contributed by atoms with Crippen LogP contribution in [0.3, 0.4) is 0 Å². The van der Waals surface area contributed by atoms with Crippen molar-refractivity contribution in [3.05, 3.63) is 83.7 Å². The number of benzene rings is 2. The standard InChI is InChI=1S/C24H20FN7/c1-14-4-9-21-19(12-14)15(2)27-24(29-21)30-23-26-11-10-22(28-23)20-13-32(31-16(20)3)18-7-5-17(25)6-8-18/h4-13H,1-3H3,(H,26,27,28,29,30). The molecule has 1 N–H and O–H groups in total. The number of rotatable bonds is 4. The van der Waals surface area contributed by atoms with E-state index in [2.05, 4.69) is 36.4 Å². The molecule has 0 atom stereocenters. The van der Waals surface area contributed by atoms with E-state index in [4.69, 9.17) is 0 Å². The first-order valence-electron chi connectivity index (χ1n) is 10.1. The van der Waals surface area contributed by atoms with Gasteiger partial charge in [0.15, 0.2) is 0 Å². The normalized spacial score (nSPS) is 11.1. The molecule has 3 heterocycles. The minimum Gasteiger partial charge on any atom is -0.293 e. The van der Waals surface area contributed by atoms with Crippen LogP contribution in [0.4, 0.5) is 16.3 Å². The van der Waals surface area contributed by atoms with E-state index < -0.39 is 0 Å². The van der Waals surface area contributed by atoms with Crippen molar-refractivity contribution in [2.24, 2.45) is 0 Å². The molecule has 0 unspecified atom stereocenters. The Bertz CT molecular complexity index is 1440. The van der Waals surface area contributed by atoms with Crippen molar-refractivity contribution in [3.63, 3.8) is 0 Å². The van der Waals surface area contributed by atoms with Gasteiger partial charge in [0.05, 0.1) is 28.3 Å². The highest BCUT2D eigenvalue weighted by Crippen LogP contribution is 2.24. The van der Waals surface area contributed by atoms with Crippen LogP contribution in [0, 0.1) is 26.6 Å². The molecule has 3 aromatic heterocycles. The Morgan fingerprint density at radius 3 is 2.47 bits per heavy atom. The molecular formula is C24H20FN7. The Balaban J connectivity index is 1.46. The van der Waals surface area contributed by atoms with Crippen LogP contribution in [0.1, 0.15) is 17.0 Å². The SMILES string of the molecule is Cc1ccc2nc(Nc3nccc(-c4cn(-c5ccc(F)cc5)nc4C)n3)nc(C)c2c1. The van der Waals surface area contributed by atoms with Crippen LogP contribution in [0.5, 0.6) is 0 Å². The highest BCUT2D eigenvalue weighted by molar-refractivity contribution is 5.82. The first kappa shape index (κ1) is 19.7. The summed E-state index contributed by atoms with van der Waals surface area (Å²) in [5.41, 5.74) is 6.03. The topological polar surface area (TPSA) is 81.4 Å². The molecule has 0 saturated carbocycles. The predicted molar refractivity (Wildman–Crippen MR) is 122 cm³/mol. The van der Waals surface area contributed by atoms with Gasteiger partial charge in [-0.25, -0.2) is 29.0 Å². The van der Waals surface area contributed by atoms with Crippen LogP contribution in [0.25, 0.3) is 27.8 Å². The highest BCUT2D eigenvalue weighted by atomic mass is 19.1. The van der Waals surface area contributed by atoms with Gasteiger partial charge in [-0.15, -0.1) is 0 Å². The number of aromatic nitrogens is 6. The van der Waals surface area contributed by atoms with E-state index in [0.717, 1.165) is 39.1 Å². The number of hydrogen-bond acceptors (Lipinski definition) is 6. The van der Waals surface area contributed by atoms with Crippen molar-refractivity contribution in [1.82, 2.24) is 29.7 Å². The van der Waals surface area contributed by atoms with Gasteiger partial charge in [0.1, 0.15) is 5.82 Å². The molecule has 32 heavy (non-hydrogen) atoms. The van der Waals surface area contributed by atoms with Crippen molar-refractivity contribution in [2.75, 3.05) is 5.32 Å². The molecule has 7 nitrogen and oxygen atoms in total. The van der Waals surface area contributed by atoms with Crippen LogP contribution in [-0.4, -0.2) is 29.7 Å². The average molecular weight is 425 g/mol. The fourth-order valence-electron chi connectivity index (χ4n) is 3.56. The fraction of sp³-hybridized carbons (Fsp3) is 0.125. The van der Waals surface area contributed by atoms with Gasteiger partial charge >= 0.3 is 0 Å². The number of nitrogens with one attached hydrogen (secondary N) is 1. The predicted octanol–water partition coefficient (Wildman–Crippen LogP) is 5.08. The van der Waals surface area contributed by atoms with E-state index in [0.29, 0.717) is 17.6 Å². The van der Waals surface area contributed by atoms with Gasteiger partial charge < -0.3 is 0 Å². The van der Waals surface area contributed by atoms with Gasteiger partial charge in [-0.05, 0) is 63.2 Å². The lowest BCUT2D eigenvalue weighted by Crippen LogP contribution is -2.03. The first-order valence-corrected chi connectivity index (χ1v) is 10.1. The van der Waals surface area contributed by atoms with E-state index in [-0.39, 0.29) is 5.82 Å². The number of halogens is 1. The maximum absolute atomic E-state index is 13.2. The fourth-order valence-corrected chi connectivity index (χ4v) is 3.56. The van der Waals surface area contributed by atoms with Crippen molar-refractivity contribution < 1.29 is 4.39 Å². The van der Waals surface area contributed by atoms with E-state index in [9.17, 15) is 4.39 Å². The zero-order valence-electron chi connectivity index (χ0n) is 17.8. The van der Waals surface area contributed by atoms with Crippen molar-refractivity contribution in [3.8, 4) is 16.9 Å². The second kappa shape index (κ2) is 7.81. The van der Waals surface area contributed by atoms with Gasteiger partial charge in [0, 0.05) is 23.3 Å². The van der Waals surface area contributed by atoms with Gasteiger partial charge in [-0.1, -0.05) is 11.6 Å². The summed E-state index contributed by atoms with van der Waals surface area (Å²) < 4.78 is 14.9. The van der Waals surface area contributed by atoms with Gasteiger partial charge in [-0.3, -0.25) is 5.32 Å². The van der Waals surface area contributed by atoms with Gasteiger partial charge in [0.2, 0.25) is 11.9 Å². The number of nitrogens with zero attached hydrogens (tertiary/aromatic N) is 6. The lowest BCUT2D eigenvalue weighted by molar-refractivity contribution is 0.627. The zero-order chi connectivity index (χ0) is 22.2. The van der Waals surface area contributed by atoms with Gasteiger partial charge in [-0.2, -0.15) is 5.10 Å². The largest absolute Gasteiger partial charge is 0.293 e. The highest BCUT2D eigenvalue weighted by Gasteiger charge is 2.12. The summed E-state index contributed by atoms with van der Waals surface area (Å²) in [5, 5.41) is 8.68. The van der Waals surface area contributed by atoms with Crippen LogP contribution in [0.15, 0.2) is 60.9 Å². The maximum Gasteiger partial charge on any atom is 0.230 e. The molecule has 158 valence electrons. The molecule has 5 rings (SSSR count). The summed E-state index contributed by atoms with van der Waals surface area (Å²) in [5.74, 6) is 0.544. The zero-order valence-corrected chi connectivity index (χ0v) is 17.8. The summed E-state index contributed by atoms with van der Waals surface area (Å²) in [7, 11) is 0. The number of aryl methyl sites for hydroxylation is 3.